The molecule has 0 radical (unpaired) electrons. The summed E-state index contributed by atoms with van der Waals surface area (Å²) in [7, 11) is 0. The highest BCUT2D eigenvalue weighted by Crippen LogP contribution is 2.34. The molecule has 6 N–H and O–H groups in total. The third-order valence-electron chi connectivity index (χ3n) is 7.64. The number of aromatic nitrogens is 3. The number of aliphatic carboxylic acids is 4. The average Bonchev–Trinajstić information content (AvgIpc) is 3.07. The number of nitrogens with zero attached hydrogens (tertiary/aromatic N) is 5. The predicted molar refractivity (Wildman–Crippen MR) is 187 cm³/mol. The van der Waals surface area contributed by atoms with Crippen molar-refractivity contribution < 1.29 is 39.6 Å². The lowest BCUT2D eigenvalue weighted by Crippen LogP contribution is -2.34. The van der Waals surface area contributed by atoms with Crippen molar-refractivity contribution in [2.24, 2.45) is 0 Å². The summed E-state index contributed by atoms with van der Waals surface area (Å²) in [5.41, 5.74) is 13.0. The zero-order valence-electron chi connectivity index (χ0n) is 27.2. The minimum absolute atomic E-state index is 0.0384. The van der Waals surface area contributed by atoms with Crippen LogP contribution in [0.15, 0.2) is 97.1 Å². The van der Waals surface area contributed by atoms with Crippen molar-refractivity contribution in [3.63, 3.8) is 0 Å². The van der Waals surface area contributed by atoms with Crippen molar-refractivity contribution in [1.82, 2.24) is 24.8 Å². The molecular formula is C37H34N6O8. The van der Waals surface area contributed by atoms with E-state index >= 15 is 0 Å². The van der Waals surface area contributed by atoms with Gasteiger partial charge >= 0.3 is 23.9 Å². The van der Waals surface area contributed by atoms with Crippen LogP contribution in [0.3, 0.4) is 0 Å². The van der Waals surface area contributed by atoms with Gasteiger partial charge in [-0.25, -0.2) is 15.0 Å². The predicted octanol–water partition coefficient (Wildman–Crippen LogP) is 4.06. The van der Waals surface area contributed by atoms with E-state index in [0.29, 0.717) is 39.9 Å². The molecule has 14 nitrogen and oxygen atoms in total. The maximum Gasteiger partial charge on any atom is 0.317 e. The minimum atomic E-state index is -1.17. The second-order valence-corrected chi connectivity index (χ2v) is 11.7. The number of carboxylic acids is 4. The largest absolute Gasteiger partial charge is 0.480 e. The molecule has 0 saturated heterocycles. The standard InChI is InChI=1S/C37H34N6O8/c38-29-14-24(12-13-28(29)23-6-2-1-3-7-23)25-15-32(30-10-4-8-26(39-30)17-42(19-34(44)45)20-35(46)47)41-33(16-25)31-11-5-9-27(40-31)18-43(21-36(48)49)22-37(50)51/h1-16H,17-22,38H2,(H,44,45)(H,46,47)(H,48,49)(H,50,51). The van der Waals surface area contributed by atoms with Gasteiger partial charge in [0.2, 0.25) is 0 Å². The molecular weight excluding hydrogens is 656 g/mol. The summed E-state index contributed by atoms with van der Waals surface area (Å²) in [6, 6.07) is 29.3. The number of rotatable bonds is 16. The van der Waals surface area contributed by atoms with Crippen LogP contribution in [0.2, 0.25) is 0 Å². The molecule has 0 aliphatic carbocycles. The van der Waals surface area contributed by atoms with Crippen LogP contribution in [0.4, 0.5) is 5.69 Å². The lowest BCUT2D eigenvalue weighted by Gasteiger charge is -2.18. The monoisotopic (exact) mass is 690 g/mol. The number of anilines is 1. The molecule has 51 heavy (non-hydrogen) atoms. The van der Waals surface area contributed by atoms with Crippen LogP contribution in [-0.4, -0.2) is 95.2 Å². The van der Waals surface area contributed by atoms with E-state index in [0.717, 1.165) is 22.3 Å². The Kier molecular flexibility index (Phi) is 11.4. The van der Waals surface area contributed by atoms with Crippen LogP contribution >= 0.6 is 0 Å². The third kappa shape index (κ3) is 10.0. The number of carbonyl (C=O) groups is 4. The Morgan fingerprint density at radius 3 is 1.39 bits per heavy atom. The Balaban J connectivity index is 1.58. The van der Waals surface area contributed by atoms with Crippen LogP contribution in [-0.2, 0) is 32.3 Å². The van der Waals surface area contributed by atoms with Gasteiger partial charge in [-0.05, 0) is 59.2 Å². The second-order valence-electron chi connectivity index (χ2n) is 11.7. The Labute approximate surface area is 292 Å². The lowest BCUT2D eigenvalue weighted by molar-refractivity contribution is -0.144. The summed E-state index contributed by atoms with van der Waals surface area (Å²) in [6.45, 7) is -2.04. The molecule has 260 valence electrons. The average molecular weight is 691 g/mol. The highest BCUT2D eigenvalue weighted by Gasteiger charge is 2.18. The SMILES string of the molecule is Nc1cc(-c2cc(-c3cccc(CN(CC(=O)O)CC(=O)O)n3)nc(-c3cccc(CN(CC(=O)O)CC(=O)O)n3)c2)ccc1-c1ccccc1. The van der Waals surface area contributed by atoms with Crippen molar-refractivity contribution in [3.05, 3.63) is 108 Å². The maximum atomic E-state index is 11.4. The van der Waals surface area contributed by atoms with E-state index in [1.165, 1.54) is 9.80 Å². The van der Waals surface area contributed by atoms with Crippen LogP contribution in [0.5, 0.6) is 0 Å². The molecule has 0 saturated carbocycles. The maximum absolute atomic E-state index is 11.4. The van der Waals surface area contributed by atoms with E-state index in [2.05, 4.69) is 0 Å². The lowest BCUT2D eigenvalue weighted by atomic mass is 9.97. The molecule has 0 unspecified atom stereocenters. The second kappa shape index (κ2) is 16.3. The number of pyridine rings is 3. The van der Waals surface area contributed by atoms with Gasteiger partial charge in [0.1, 0.15) is 0 Å². The first-order valence-corrected chi connectivity index (χ1v) is 15.7. The van der Waals surface area contributed by atoms with E-state index in [1.807, 2.05) is 60.7 Å². The zero-order chi connectivity index (χ0) is 36.5. The number of benzene rings is 2. The first-order valence-electron chi connectivity index (χ1n) is 15.7. The zero-order valence-corrected chi connectivity index (χ0v) is 27.2. The van der Waals surface area contributed by atoms with Crippen molar-refractivity contribution in [2.45, 2.75) is 13.1 Å². The Hall–Kier alpha value is -6.51. The summed E-state index contributed by atoms with van der Waals surface area (Å²) >= 11 is 0. The first kappa shape index (κ1) is 35.8. The summed E-state index contributed by atoms with van der Waals surface area (Å²) < 4.78 is 0. The third-order valence-corrected chi connectivity index (χ3v) is 7.64. The van der Waals surface area contributed by atoms with Crippen LogP contribution < -0.4 is 5.73 Å². The van der Waals surface area contributed by atoms with Gasteiger partial charge in [-0.15, -0.1) is 0 Å². The summed E-state index contributed by atoms with van der Waals surface area (Å²) in [4.78, 5) is 62.3. The van der Waals surface area contributed by atoms with Gasteiger partial charge in [-0.1, -0.05) is 54.6 Å². The quantitative estimate of drug-likeness (QED) is 0.0922. The highest BCUT2D eigenvalue weighted by atomic mass is 16.4. The van der Waals surface area contributed by atoms with Gasteiger partial charge in [0.25, 0.3) is 0 Å². The molecule has 0 atom stereocenters. The van der Waals surface area contributed by atoms with Crippen LogP contribution in [0, 0.1) is 0 Å². The summed E-state index contributed by atoms with van der Waals surface area (Å²) in [6.07, 6.45) is 0. The fourth-order valence-corrected chi connectivity index (χ4v) is 5.56. The van der Waals surface area contributed by atoms with Crippen LogP contribution in [0.1, 0.15) is 11.4 Å². The minimum Gasteiger partial charge on any atom is -0.480 e. The fraction of sp³-hybridized carbons (Fsp3) is 0.162. The molecule has 3 aromatic heterocycles. The van der Waals surface area contributed by atoms with Gasteiger partial charge in [-0.3, -0.25) is 29.0 Å². The molecule has 2 aromatic carbocycles. The summed E-state index contributed by atoms with van der Waals surface area (Å²) in [5, 5.41) is 37.2. The molecule has 5 aromatic rings. The highest BCUT2D eigenvalue weighted by molar-refractivity contribution is 5.83. The van der Waals surface area contributed by atoms with E-state index in [1.54, 1.807) is 36.4 Å². The van der Waals surface area contributed by atoms with E-state index in [-0.39, 0.29) is 13.1 Å². The Bertz CT molecular complexity index is 1940. The van der Waals surface area contributed by atoms with E-state index in [4.69, 9.17) is 20.7 Å². The van der Waals surface area contributed by atoms with Crippen molar-refractivity contribution in [3.8, 4) is 45.0 Å². The number of nitrogens with two attached hydrogens (primary N) is 1. The Morgan fingerprint density at radius 2 is 0.961 bits per heavy atom. The first-order chi connectivity index (χ1) is 24.4. The smallest absolute Gasteiger partial charge is 0.317 e. The van der Waals surface area contributed by atoms with Gasteiger partial charge < -0.3 is 26.2 Å². The molecule has 0 aliphatic heterocycles. The molecule has 0 aliphatic rings. The fourth-order valence-electron chi connectivity index (χ4n) is 5.56. The number of nitrogen functional groups attached to an aromatic ring is 1. The number of carboxylic acid groups (broad SMARTS) is 4. The van der Waals surface area contributed by atoms with Crippen molar-refractivity contribution >= 4 is 29.6 Å². The summed E-state index contributed by atoms with van der Waals surface area (Å²) in [5.74, 6) is -4.69. The number of hydrogen-bond acceptors (Lipinski definition) is 10. The molecule has 0 spiro atoms. The number of hydrogen-bond donors (Lipinski definition) is 5. The van der Waals surface area contributed by atoms with Crippen LogP contribution in [0.25, 0.3) is 45.0 Å². The van der Waals surface area contributed by atoms with Gasteiger partial charge in [-0.2, -0.15) is 0 Å². The molecule has 0 bridgehead atoms. The van der Waals surface area contributed by atoms with Gasteiger partial charge in [0.05, 0.1) is 60.3 Å². The normalized spacial score (nSPS) is 11.1. The van der Waals surface area contributed by atoms with Crippen molar-refractivity contribution in [2.75, 3.05) is 31.9 Å². The van der Waals surface area contributed by atoms with E-state index < -0.39 is 50.1 Å². The molecule has 14 heteroatoms. The topological polar surface area (TPSA) is 220 Å². The molecule has 0 fully saturated rings. The Morgan fingerprint density at radius 1 is 0.490 bits per heavy atom. The molecule has 0 amide bonds. The van der Waals surface area contributed by atoms with Crippen molar-refractivity contribution in [1.29, 1.82) is 0 Å². The molecule has 3 heterocycles. The van der Waals surface area contributed by atoms with Gasteiger partial charge in [0, 0.05) is 24.3 Å². The van der Waals surface area contributed by atoms with E-state index in [9.17, 15) is 39.6 Å². The molecule has 5 rings (SSSR count). The van der Waals surface area contributed by atoms with Gasteiger partial charge in [0.15, 0.2) is 0 Å².